The van der Waals surface area contributed by atoms with Crippen LogP contribution in [-0.4, -0.2) is 15.5 Å². The molecule has 4 aromatic rings. The molecule has 5 nitrogen and oxygen atoms in total. The monoisotopic (exact) mass is 451 g/mol. The zero-order valence-electron chi connectivity index (χ0n) is 17.9. The Morgan fingerprint density at radius 1 is 1.13 bits per heavy atom. The van der Waals surface area contributed by atoms with Crippen LogP contribution in [0.15, 0.2) is 58.7 Å². The summed E-state index contributed by atoms with van der Waals surface area (Å²) >= 11 is 2.73. The van der Waals surface area contributed by atoms with Crippen LogP contribution in [0.5, 0.6) is 0 Å². The number of rotatable bonds is 7. The maximum absolute atomic E-state index is 13.5. The molecule has 0 aliphatic carbocycles. The Hall–Kier alpha value is -2.77. The highest BCUT2D eigenvalue weighted by Crippen LogP contribution is 2.37. The molecule has 0 spiro atoms. The summed E-state index contributed by atoms with van der Waals surface area (Å²) in [7, 11) is 0. The summed E-state index contributed by atoms with van der Waals surface area (Å²) in [6, 6.07) is 16.0. The highest BCUT2D eigenvalue weighted by Gasteiger charge is 2.24. The van der Waals surface area contributed by atoms with Gasteiger partial charge < -0.3 is 4.57 Å². The number of thiazole rings is 2. The topological polar surface area (TPSA) is 55.2 Å². The molecule has 7 heteroatoms. The third-order valence-electron chi connectivity index (χ3n) is 5.27. The van der Waals surface area contributed by atoms with Gasteiger partial charge in [0, 0.05) is 24.0 Å². The summed E-state index contributed by atoms with van der Waals surface area (Å²) in [5, 5.41) is 2.54. The molecule has 0 N–H and O–H groups in total. The Morgan fingerprint density at radius 3 is 2.58 bits per heavy atom. The number of hydrogen-bond donors (Lipinski definition) is 0. The lowest BCUT2D eigenvalue weighted by Crippen LogP contribution is -2.27. The number of hydrogen-bond acceptors (Lipinski definition) is 5. The lowest BCUT2D eigenvalue weighted by Gasteiger charge is -2.24. The molecule has 0 radical (unpaired) electrons. The van der Waals surface area contributed by atoms with Crippen molar-refractivity contribution in [2.45, 2.75) is 46.1 Å². The van der Waals surface area contributed by atoms with Crippen LogP contribution in [0.3, 0.4) is 0 Å². The SMILES string of the molecule is Cc1csc(=O)n1CCCC(=O)N(c1nc2ccccc2s1)c1ccccc1C(C)C. The normalized spacial score (nSPS) is 11.4. The fourth-order valence-electron chi connectivity index (χ4n) is 3.65. The maximum atomic E-state index is 13.5. The summed E-state index contributed by atoms with van der Waals surface area (Å²) < 4.78 is 2.79. The van der Waals surface area contributed by atoms with Gasteiger partial charge in [-0.25, -0.2) is 4.98 Å². The lowest BCUT2D eigenvalue weighted by atomic mass is 10.0. The minimum atomic E-state index is -0.00640. The number of fused-ring (bicyclic) bond motifs is 1. The van der Waals surface area contributed by atoms with Crippen molar-refractivity contribution in [3.63, 3.8) is 0 Å². The third-order valence-corrected chi connectivity index (χ3v) is 7.17. The van der Waals surface area contributed by atoms with E-state index >= 15 is 0 Å². The summed E-state index contributed by atoms with van der Waals surface area (Å²) in [5.74, 6) is 0.265. The van der Waals surface area contributed by atoms with Crippen molar-refractivity contribution in [2.24, 2.45) is 0 Å². The molecule has 2 aromatic carbocycles. The van der Waals surface area contributed by atoms with E-state index in [0.717, 1.165) is 27.2 Å². The van der Waals surface area contributed by atoms with Gasteiger partial charge in [0.05, 0.1) is 15.9 Å². The molecule has 0 saturated heterocycles. The van der Waals surface area contributed by atoms with E-state index in [1.54, 1.807) is 9.47 Å². The summed E-state index contributed by atoms with van der Waals surface area (Å²) in [4.78, 5) is 32.1. The number of anilines is 2. The molecule has 0 saturated carbocycles. The quantitative estimate of drug-likeness (QED) is 0.341. The zero-order chi connectivity index (χ0) is 22.0. The first kappa shape index (κ1) is 21.5. The molecule has 2 aromatic heterocycles. The second-order valence-corrected chi connectivity index (χ2v) is 9.63. The Bertz CT molecular complexity index is 1240. The molecule has 1 amide bonds. The highest BCUT2D eigenvalue weighted by molar-refractivity contribution is 7.22. The molecular formula is C24H25N3O2S2. The van der Waals surface area contributed by atoms with Gasteiger partial charge in [-0.15, -0.1) is 0 Å². The van der Waals surface area contributed by atoms with Crippen LogP contribution < -0.4 is 9.77 Å². The van der Waals surface area contributed by atoms with E-state index in [1.807, 2.05) is 54.8 Å². The lowest BCUT2D eigenvalue weighted by molar-refractivity contribution is -0.118. The molecule has 160 valence electrons. The van der Waals surface area contributed by atoms with Gasteiger partial charge in [-0.1, -0.05) is 66.9 Å². The number of carbonyl (C=O) groups excluding carboxylic acids is 1. The number of nitrogens with zero attached hydrogens (tertiary/aromatic N) is 3. The maximum Gasteiger partial charge on any atom is 0.307 e. The number of amides is 1. The molecule has 31 heavy (non-hydrogen) atoms. The van der Waals surface area contributed by atoms with Crippen molar-refractivity contribution in [3.05, 3.63) is 74.8 Å². The molecule has 0 aliphatic heterocycles. The highest BCUT2D eigenvalue weighted by atomic mass is 32.1. The van der Waals surface area contributed by atoms with Crippen LogP contribution in [0.25, 0.3) is 10.2 Å². The van der Waals surface area contributed by atoms with E-state index < -0.39 is 0 Å². The molecule has 0 atom stereocenters. The van der Waals surface area contributed by atoms with Crippen LogP contribution >= 0.6 is 22.7 Å². The average molecular weight is 452 g/mol. The first-order valence-corrected chi connectivity index (χ1v) is 12.1. The molecule has 2 heterocycles. The van der Waals surface area contributed by atoms with Gasteiger partial charge in [0.1, 0.15) is 0 Å². The predicted molar refractivity (Wildman–Crippen MR) is 130 cm³/mol. The van der Waals surface area contributed by atoms with Gasteiger partial charge in [0.15, 0.2) is 5.13 Å². The van der Waals surface area contributed by atoms with Crippen molar-refractivity contribution < 1.29 is 4.79 Å². The van der Waals surface area contributed by atoms with Crippen molar-refractivity contribution in [3.8, 4) is 0 Å². The van der Waals surface area contributed by atoms with E-state index in [0.29, 0.717) is 24.5 Å². The van der Waals surface area contributed by atoms with E-state index in [9.17, 15) is 9.59 Å². The molecular weight excluding hydrogens is 426 g/mol. The summed E-state index contributed by atoms with van der Waals surface area (Å²) in [6.07, 6.45) is 0.936. The minimum absolute atomic E-state index is 0.00640. The average Bonchev–Trinajstić information content (AvgIpc) is 3.32. The van der Waals surface area contributed by atoms with Gasteiger partial charge in [0.25, 0.3) is 0 Å². The van der Waals surface area contributed by atoms with Crippen molar-refractivity contribution >= 4 is 49.6 Å². The Morgan fingerprint density at radius 2 is 1.87 bits per heavy atom. The van der Waals surface area contributed by atoms with Crippen molar-refractivity contribution in [1.82, 2.24) is 9.55 Å². The smallest absolute Gasteiger partial charge is 0.303 e. The van der Waals surface area contributed by atoms with Crippen molar-refractivity contribution in [2.75, 3.05) is 4.90 Å². The van der Waals surface area contributed by atoms with E-state index in [2.05, 4.69) is 19.9 Å². The first-order valence-electron chi connectivity index (χ1n) is 10.4. The molecule has 0 bridgehead atoms. The minimum Gasteiger partial charge on any atom is -0.303 e. The Labute approximate surface area is 189 Å². The van der Waals surface area contributed by atoms with Gasteiger partial charge >= 0.3 is 4.87 Å². The largest absolute Gasteiger partial charge is 0.307 e. The van der Waals surface area contributed by atoms with Crippen molar-refractivity contribution in [1.29, 1.82) is 0 Å². The molecule has 0 unspecified atom stereocenters. The van der Waals surface area contributed by atoms with Gasteiger partial charge in [-0.05, 0) is 43.0 Å². The number of benzene rings is 2. The standard InChI is InChI=1S/C24H25N3O2S2/c1-16(2)18-9-4-6-11-20(18)27(23-25-19-10-5-7-12-21(19)31-23)22(28)13-8-14-26-17(3)15-30-24(26)29/h4-7,9-12,15-16H,8,13-14H2,1-3H3. The molecule has 0 fully saturated rings. The predicted octanol–water partition coefficient (Wildman–Crippen LogP) is 6.10. The van der Waals surface area contributed by atoms with E-state index in [-0.39, 0.29) is 16.7 Å². The fourth-order valence-corrected chi connectivity index (χ4v) is 5.41. The summed E-state index contributed by atoms with van der Waals surface area (Å²) in [6.45, 7) is 6.72. The summed E-state index contributed by atoms with van der Waals surface area (Å²) in [5.41, 5.74) is 3.82. The van der Waals surface area contributed by atoms with Crippen LogP contribution in [0.4, 0.5) is 10.8 Å². The third kappa shape index (κ3) is 4.48. The number of aryl methyl sites for hydroxylation is 1. The fraction of sp³-hybridized carbons (Fsp3) is 0.292. The van der Waals surface area contributed by atoms with Gasteiger partial charge in [-0.2, -0.15) is 0 Å². The number of para-hydroxylation sites is 2. The first-order chi connectivity index (χ1) is 15.0. The molecule has 0 aliphatic rings. The van der Waals surface area contributed by atoms with Crippen LogP contribution in [0.2, 0.25) is 0 Å². The van der Waals surface area contributed by atoms with Crippen LogP contribution in [0, 0.1) is 6.92 Å². The van der Waals surface area contributed by atoms with E-state index in [4.69, 9.17) is 4.98 Å². The Kier molecular flexibility index (Phi) is 6.34. The number of aromatic nitrogens is 2. The van der Waals surface area contributed by atoms with Gasteiger partial charge in [-0.3, -0.25) is 14.5 Å². The second-order valence-electron chi connectivity index (χ2n) is 7.81. The van der Waals surface area contributed by atoms with Crippen LogP contribution in [-0.2, 0) is 11.3 Å². The zero-order valence-corrected chi connectivity index (χ0v) is 19.5. The van der Waals surface area contributed by atoms with E-state index in [1.165, 1.54) is 22.7 Å². The van der Waals surface area contributed by atoms with Gasteiger partial charge in [0.2, 0.25) is 5.91 Å². The number of carbonyl (C=O) groups is 1. The van der Waals surface area contributed by atoms with Crippen LogP contribution in [0.1, 0.15) is 43.9 Å². The Balaban J connectivity index is 1.67. The second kappa shape index (κ2) is 9.16. The molecule has 4 rings (SSSR count).